The highest BCUT2D eigenvalue weighted by molar-refractivity contribution is 5.68. The van der Waals surface area contributed by atoms with Crippen molar-refractivity contribution in [2.24, 2.45) is 0 Å². The predicted octanol–water partition coefficient (Wildman–Crippen LogP) is 2.43. The Kier molecular flexibility index (Phi) is 4.94. The average Bonchev–Trinajstić information content (AvgIpc) is 3.09. The monoisotopic (exact) mass is 347 g/mol. The Morgan fingerprint density at radius 1 is 1.15 bits per heavy atom. The van der Waals surface area contributed by atoms with Crippen LogP contribution in [0.15, 0.2) is 48.8 Å². The molecule has 0 saturated heterocycles. The fraction of sp³-hybridized carbons (Fsp3) is 0.158. The van der Waals surface area contributed by atoms with Crippen LogP contribution in [-0.4, -0.2) is 44.8 Å². The second kappa shape index (κ2) is 7.49. The first kappa shape index (κ1) is 17.2. The number of ether oxygens (including phenoxy) is 1. The van der Waals surface area contributed by atoms with Gasteiger partial charge in [0.15, 0.2) is 0 Å². The average molecular weight is 347 g/mol. The van der Waals surface area contributed by atoms with Gasteiger partial charge in [-0.05, 0) is 43.2 Å². The first-order valence-corrected chi connectivity index (χ1v) is 7.88. The smallest absolute Gasteiger partial charge is 0.373 e. The van der Waals surface area contributed by atoms with E-state index in [0.717, 1.165) is 16.9 Å². The number of carbonyl (C=O) groups is 1. The van der Waals surface area contributed by atoms with E-state index in [9.17, 15) is 4.79 Å². The number of benzene rings is 1. The van der Waals surface area contributed by atoms with E-state index >= 15 is 0 Å². The van der Waals surface area contributed by atoms with Crippen LogP contribution in [0.25, 0.3) is 5.69 Å². The van der Waals surface area contributed by atoms with Gasteiger partial charge < -0.3 is 9.64 Å². The summed E-state index contributed by atoms with van der Waals surface area (Å²) in [6, 6.07) is 13.2. The van der Waals surface area contributed by atoms with Crippen molar-refractivity contribution < 1.29 is 9.53 Å². The first-order chi connectivity index (χ1) is 12.5. The van der Waals surface area contributed by atoms with Gasteiger partial charge in [-0.25, -0.2) is 14.5 Å². The van der Waals surface area contributed by atoms with E-state index in [-0.39, 0.29) is 6.01 Å². The number of nitrogens with zero attached hydrogens (tertiary/aromatic N) is 5. The Morgan fingerprint density at radius 2 is 1.96 bits per heavy atom. The molecule has 0 N–H and O–H groups in total. The Labute approximate surface area is 151 Å². The molecule has 7 heteroatoms. The van der Waals surface area contributed by atoms with E-state index in [1.807, 2.05) is 49.4 Å². The summed E-state index contributed by atoms with van der Waals surface area (Å²) in [6.07, 6.45) is 0.945. The first-order valence-electron chi connectivity index (χ1n) is 7.88. The highest BCUT2D eigenvalue weighted by atomic mass is 16.6. The zero-order chi connectivity index (χ0) is 18.5. The van der Waals surface area contributed by atoms with Crippen LogP contribution in [0.1, 0.15) is 17.0 Å². The van der Waals surface area contributed by atoms with E-state index in [2.05, 4.69) is 26.9 Å². The fourth-order valence-electron chi connectivity index (χ4n) is 2.06. The van der Waals surface area contributed by atoms with Crippen LogP contribution < -0.4 is 4.74 Å². The summed E-state index contributed by atoms with van der Waals surface area (Å²) in [7, 11) is 3.18. The van der Waals surface area contributed by atoms with Gasteiger partial charge in [0.25, 0.3) is 0 Å². The van der Waals surface area contributed by atoms with Crippen molar-refractivity contribution in [2.75, 3.05) is 14.1 Å². The van der Waals surface area contributed by atoms with Gasteiger partial charge in [0, 0.05) is 25.4 Å². The van der Waals surface area contributed by atoms with Crippen LogP contribution in [0.2, 0.25) is 0 Å². The normalized spacial score (nSPS) is 9.96. The third-order valence-electron chi connectivity index (χ3n) is 3.35. The van der Waals surface area contributed by atoms with Crippen molar-refractivity contribution in [1.29, 1.82) is 0 Å². The fourth-order valence-corrected chi connectivity index (χ4v) is 2.06. The van der Waals surface area contributed by atoms with Crippen LogP contribution in [-0.2, 0) is 0 Å². The van der Waals surface area contributed by atoms with Gasteiger partial charge in [0.1, 0.15) is 12.0 Å². The Balaban J connectivity index is 1.80. The lowest BCUT2D eigenvalue weighted by atomic mass is 10.2. The predicted molar refractivity (Wildman–Crippen MR) is 96.0 cm³/mol. The number of aryl methyl sites for hydroxylation is 1. The Morgan fingerprint density at radius 3 is 2.73 bits per heavy atom. The van der Waals surface area contributed by atoms with E-state index in [0.29, 0.717) is 5.69 Å². The summed E-state index contributed by atoms with van der Waals surface area (Å²) in [4.78, 5) is 21.2. The van der Waals surface area contributed by atoms with E-state index in [1.165, 1.54) is 15.9 Å². The maximum Gasteiger partial charge on any atom is 0.417 e. The summed E-state index contributed by atoms with van der Waals surface area (Å²) >= 11 is 0. The second-order valence-corrected chi connectivity index (χ2v) is 5.70. The van der Waals surface area contributed by atoms with Crippen LogP contribution >= 0.6 is 0 Å². The summed E-state index contributed by atoms with van der Waals surface area (Å²) in [5.74, 6) is 6.13. The molecule has 7 nitrogen and oxygen atoms in total. The summed E-state index contributed by atoms with van der Waals surface area (Å²) in [6.45, 7) is 1.93. The molecule has 3 aromatic rings. The van der Waals surface area contributed by atoms with Gasteiger partial charge in [0.05, 0.1) is 5.69 Å². The van der Waals surface area contributed by atoms with E-state index in [4.69, 9.17) is 4.74 Å². The highest BCUT2D eigenvalue weighted by Gasteiger charge is 2.11. The minimum absolute atomic E-state index is 0.0100. The van der Waals surface area contributed by atoms with Gasteiger partial charge in [-0.2, -0.15) is 4.98 Å². The summed E-state index contributed by atoms with van der Waals surface area (Å²) < 4.78 is 6.55. The second-order valence-electron chi connectivity index (χ2n) is 5.70. The Bertz CT molecular complexity index is 998. The molecule has 0 fully saturated rings. The molecule has 0 bridgehead atoms. The minimum atomic E-state index is -0.534. The van der Waals surface area contributed by atoms with Gasteiger partial charge in [-0.1, -0.05) is 18.1 Å². The van der Waals surface area contributed by atoms with Gasteiger partial charge in [-0.3, -0.25) is 0 Å². The summed E-state index contributed by atoms with van der Waals surface area (Å²) in [5, 5.41) is 4.15. The largest absolute Gasteiger partial charge is 0.417 e. The molecule has 26 heavy (non-hydrogen) atoms. The maximum absolute atomic E-state index is 11.5. The maximum atomic E-state index is 11.5. The van der Waals surface area contributed by atoms with Crippen molar-refractivity contribution in [3.8, 4) is 23.5 Å². The minimum Gasteiger partial charge on any atom is -0.373 e. The third-order valence-corrected chi connectivity index (χ3v) is 3.35. The van der Waals surface area contributed by atoms with Gasteiger partial charge in [0.2, 0.25) is 0 Å². The number of carbonyl (C=O) groups excluding carboxylic acids is 1. The van der Waals surface area contributed by atoms with Crippen LogP contribution in [0.3, 0.4) is 0 Å². The molecule has 0 radical (unpaired) electrons. The standard InChI is InChI=1S/C19H17N5O2/c1-14-6-4-8-16(21-14)11-10-15-7-5-9-17(12-15)24-13-20-18(22-24)26-19(25)23(2)3/h4-9,12-13H,1-3H3. The molecule has 1 amide bonds. The third kappa shape index (κ3) is 4.24. The van der Waals surface area contributed by atoms with Crippen LogP contribution in [0.4, 0.5) is 4.79 Å². The molecule has 2 heterocycles. The highest BCUT2D eigenvalue weighted by Crippen LogP contribution is 2.11. The molecule has 0 unspecified atom stereocenters. The van der Waals surface area contributed by atoms with Gasteiger partial charge in [-0.15, -0.1) is 5.10 Å². The molecule has 0 spiro atoms. The molecule has 3 rings (SSSR count). The van der Waals surface area contributed by atoms with Crippen molar-refractivity contribution in [1.82, 2.24) is 24.6 Å². The molecule has 2 aromatic heterocycles. The van der Waals surface area contributed by atoms with E-state index < -0.39 is 6.09 Å². The zero-order valence-electron chi connectivity index (χ0n) is 14.7. The lowest BCUT2D eigenvalue weighted by molar-refractivity contribution is 0.168. The molecular formula is C19H17N5O2. The molecule has 130 valence electrons. The number of hydrogen-bond acceptors (Lipinski definition) is 5. The lowest BCUT2D eigenvalue weighted by Crippen LogP contribution is -2.25. The molecular weight excluding hydrogens is 330 g/mol. The number of rotatable bonds is 2. The molecule has 0 aliphatic carbocycles. The molecule has 0 aliphatic heterocycles. The number of pyridine rings is 1. The number of aromatic nitrogens is 4. The van der Waals surface area contributed by atoms with E-state index in [1.54, 1.807) is 14.1 Å². The zero-order valence-corrected chi connectivity index (χ0v) is 14.7. The quantitative estimate of drug-likeness (QED) is 0.666. The molecule has 0 aliphatic rings. The Hall–Kier alpha value is -3.66. The summed E-state index contributed by atoms with van der Waals surface area (Å²) in [5.41, 5.74) is 3.21. The van der Waals surface area contributed by atoms with Crippen molar-refractivity contribution >= 4 is 6.09 Å². The number of amides is 1. The number of hydrogen-bond donors (Lipinski definition) is 0. The lowest BCUT2D eigenvalue weighted by Gasteiger charge is -2.07. The van der Waals surface area contributed by atoms with Crippen LogP contribution in [0.5, 0.6) is 6.01 Å². The topological polar surface area (TPSA) is 73.1 Å². The SMILES string of the molecule is Cc1cccc(C#Cc2cccc(-n3cnc(OC(=O)N(C)C)n3)c2)n1. The van der Waals surface area contributed by atoms with Crippen molar-refractivity contribution in [3.63, 3.8) is 0 Å². The molecule has 0 saturated carbocycles. The van der Waals surface area contributed by atoms with Crippen molar-refractivity contribution in [2.45, 2.75) is 6.92 Å². The van der Waals surface area contributed by atoms with Crippen LogP contribution in [0, 0.1) is 18.8 Å². The molecule has 0 atom stereocenters. The van der Waals surface area contributed by atoms with Gasteiger partial charge >= 0.3 is 12.1 Å². The van der Waals surface area contributed by atoms with Crippen molar-refractivity contribution in [3.05, 3.63) is 65.7 Å². The molecule has 1 aromatic carbocycles.